The Morgan fingerprint density at radius 2 is 1.73 bits per heavy atom. The molecule has 1 amide bonds. The molecular formula is C24H16Br2Cl2N2O2S. The maximum Gasteiger partial charge on any atom is 0.264 e. The fourth-order valence-corrected chi connectivity index (χ4v) is 5.57. The summed E-state index contributed by atoms with van der Waals surface area (Å²) in [5.74, 6) is 0.464. The number of hydrogen-bond acceptors (Lipinski definition) is 4. The average molecular weight is 627 g/mol. The van der Waals surface area contributed by atoms with Crippen molar-refractivity contribution in [2.24, 2.45) is 4.99 Å². The fourth-order valence-electron chi connectivity index (χ4n) is 2.95. The molecule has 0 atom stereocenters. The molecule has 0 aliphatic carbocycles. The van der Waals surface area contributed by atoms with Crippen molar-refractivity contribution < 1.29 is 9.53 Å². The second kappa shape index (κ2) is 10.7. The van der Waals surface area contributed by atoms with Gasteiger partial charge in [-0.2, -0.15) is 0 Å². The minimum atomic E-state index is -0.182. The standard InChI is InChI=1S/C24H16Br2Cl2N2O2S/c1-13-2-5-16(6-3-13)29-24-30-23(31)21(33-24)11-15-8-17(25)22(18(26)9-15)32-12-14-4-7-19(27)20(28)10-14/h2-11H,12H2,1H3,(H,29,30,31)/b21-11+. The highest BCUT2D eigenvalue weighted by Gasteiger charge is 2.24. The van der Waals surface area contributed by atoms with Crippen LogP contribution in [-0.4, -0.2) is 11.1 Å². The van der Waals surface area contributed by atoms with Crippen LogP contribution in [0.5, 0.6) is 5.75 Å². The largest absolute Gasteiger partial charge is 0.487 e. The van der Waals surface area contributed by atoms with Gasteiger partial charge in [0.25, 0.3) is 5.91 Å². The molecule has 33 heavy (non-hydrogen) atoms. The smallest absolute Gasteiger partial charge is 0.264 e. The first kappa shape index (κ1) is 24.4. The van der Waals surface area contributed by atoms with Gasteiger partial charge in [0.05, 0.1) is 29.6 Å². The van der Waals surface area contributed by atoms with Gasteiger partial charge < -0.3 is 10.1 Å². The topological polar surface area (TPSA) is 50.7 Å². The summed E-state index contributed by atoms with van der Waals surface area (Å²) in [5.41, 5.74) is 3.68. The minimum Gasteiger partial charge on any atom is -0.487 e. The Bertz CT molecular complexity index is 1270. The number of halogens is 4. The van der Waals surface area contributed by atoms with Crippen LogP contribution in [0.3, 0.4) is 0 Å². The molecule has 0 aromatic heterocycles. The first-order valence-electron chi connectivity index (χ1n) is 9.70. The lowest BCUT2D eigenvalue weighted by molar-refractivity contribution is -0.115. The number of benzene rings is 3. The number of amides is 1. The number of aliphatic imine (C=N–C) groups is 1. The number of hydrogen-bond donors (Lipinski definition) is 1. The van der Waals surface area contributed by atoms with Gasteiger partial charge in [-0.05, 0) is 104 Å². The second-order valence-electron chi connectivity index (χ2n) is 7.17. The van der Waals surface area contributed by atoms with Gasteiger partial charge in [0.15, 0.2) is 5.17 Å². The third-order valence-corrected chi connectivity index (χ3v) is 7.43. The third-order valence-electron chi connectivity index (χ3n) is 4.60. The van der Waals surface area contributed by atoms with Gasteiger partial charge in [-0.1, -0.05) is 47.0 Å². The number of rotatable bonds is 5. The number of carbonyl (C=O) groups is 1. The molecule has 1 saturated heterocycles. The van der Waals surface area contributed by atoms with Crippen molar-refractivity contribution in [2.45, 2.75) is 13.5 Å². The van der Waals surface area contributed by atoms with Gasteiger partial charge in [0.2, 0.25) is 0 Å². The number of carbonyl (C=O) groups excluding carboxylic acids is 1. The molecule has 0 radical (unpaired) electrons. The van der Waals surface area contributed by atoms with E-state index in [1.54, 1.807) is 12.1 Å². The molecule has 1 fully saturated rings. The van der Waals surface area contributed by atoms with Crippen LogP contribution in [0.15, 0.2) is 73.4 Å². The van der Waals surface area contributed by atoms with Gasteiger partial charge in [0.1, 0.15) is 12.4 Å². The summed E-state index contributed by atoms with van der Waals surface area (Å²) in [6.45, 7) is 2.34. The van der Waals surface area contributed by atoms with Crippen LogP contribution in [0.1, 0.15) is 16.7 Å². The van der Waals surface area contributed by atoms with Crippen molar-refractivity contribution in [2.75, 3.05) is 0 Å². The van der Waals surface area contributed by atoms with Crippen LogP contribution in [0.2, 0.25) is 10.0 Å². The zero-order valence-corrected chi connectivity index (χ0v) is 22.7. The van der Waals surface area contributed by atoms with E-state index in [0.29, 0.717) is 32.5 Å². The van der Waals surface area contributed by atoms with Crippen LogP contribution in [0.25, 0.3) is 6.08 Å². The highest BCUT2D eigenvalue weighted by Crippen LogP contribution is 2.37. The van der Waals surface area contributed by atoms with Gasteiger partial charge in [-0.3, -0.25) is 4.79 Å². The molecule has 168 valence electrons. The SMILES string of the molecule is Cc1ccc(N=C2NC(=O)/C(=C\c3cc(Br)c(OCc4ccc(Cl)c(Cl)c4)c(Br)c3)S2)cc1. The third kappa shape index (κ3) is 6.22. The molecule has 3 aromatic carbocycles. The summed E-state index contributed by atoms with van der Waals surface area (Å²) in [5, 5.41) is 4.35. The molecule has 1 N–H and O–H groups in total. The number of aryl methyl sites for hydroxylation is 1. The van der Waals surface area contributed by atoms with Crippen LogP contribution in [0.4, 0.5) is 5.69 Å². The van der Waals surface area contributed by atoms with Crippen LogP contribution in [0, 0.1) is 6.92 Å². The van der Waals surface area contributed by atoms with Crippen molar-refractivity contribution in [1.29, 1.82) is 0 Å². The lowest BCUT2D eigenvalue weighted by Crippen LogP contribution is -2.19. The predicted octanol–water partition coefficient (Wildman–Crippen LogP) is 8.30. The van der Waals surface area contributed by atoms with Gasteiger partial charge >= 0.3 is 0 Å². The van der Waals surface area contributed by atoms with Crippen molar-refractivity contribution >= 4 is 89.7 Å². The van der Waals surface area contributed by atoms with Gasteiger partial charge in [-0.25, -0.2) is 4.99 Å². The lowest BCUT2D eigenvalue weighted by Gasteiger charge is -2.12. The van der Waals surface area contributed by atoms with Crippen molar-refractivity contribution in [3.63, 3.8) is 0 Å². The van der Waals surface area contributed by atoms with Gasteiger partial charge in [0, 0.05) is 0 Å². The molecule has 3 aromatic rings. The van der Waals surface area contributed by atoms with E-state index < -0.39 is 0 Å². The summed E-state index contributed by atoms with van der Waals surface area (Å²) < 4.78 is 7.47. The highest BCUT2D eigenvalue weighted by atomic mass is 79.9. The fraction of sp³-hybridized carbons (Fsp3) is 0.0833. The normalized spacial score (nSPS) is 15.8. The summed E-state index contributed by atoms with van der Waals surface area (Å²) in [6, 6.07) is 17.0. The second-order valence-corrected chi connectivity index (χ2v) is 10.7. The van der Waals surface area contributed by atoms with Gasteiger partial charge in [-0.15, -0.1) is 0 Å². The van der Waals surface area contributed by atoms with Crippen molar-refractivity contribution in [3.05, 3.63) is 95.2 Å². The monoisotopic (exact) mass is 624 g/mol. The summed E-state index contributed by atoms with van der Waals surface area (Å²) in [4.78, 5) is 17.5. The maximum atomic E-state index is 12.4. The van der Waals surface area contributed by atoms with Crippen LogP contribution >= 0.6 is 66.8 Å². The van der Waals surface area contributed by atoms with E-state index in [0.717, 1.165) is 31.3 Å². The quantitative estimate of drug-likeness (QED) is 0.290. The molecule has 1 aliphatic heterocycles. The Morgan fingerprint density at radius 3 is 2.39 bits per heavy atom. The lowest BCUT2D eigenvalue weighted by atomic mass is 10.2. The number of thioether (sulfide) groups is 1. The number of amidine groups is 1. The Morgan fingerprint density at radius 1 is 1.03 bits per heavy atom. The first-order chi connectivity index (χ1) is 15.8. The molecule has 1 heterocycles. The molecule has 0 bridgehead atoms. The average Bonchev–Trinajstić information content (AvgIpc) is 3.10. The van der Waals surface area contributed by atoms with E-state index in [-0.39, 0.29) is 5.91 Å². The molecule has 4 rings (SSSR count). The minimum absolute atomic E-state index is 0.182. The zero-order valence-electron chi connectivity index (χ0n) is 17.2. The van der Waals surface area contributed by atoms with E-state index in [9.17, 15) is 4.79 Å². The van der Waals surface area contributed by atoms with Crippen molar-refractivity contribution in [3.8, 4) is 5.75 Å². The Labute approximate surface area is 222 Å². The van der Waals surface area contributed by atoms with E-state index in [4.69, 9.17) is 27.9 Å². The molecule has 4 nitrogen and oxygen atoms in total. The Balaban J connectivity index is 1.49. The maximum absolute atomic E-state index is 12.4. The summed E-state index contributed by atoms with van der Waals surface area (Å²) >= 11 is 20.5. The molecule has 0 unspecified atom stereocenters. The van der Waals surface area contributed by atoms with E-state index >= 15 is 0 Å². The van der Waals surface area contributed by atoms with E-state index in [2.05, 4.69) is 42.2 Å². The predicted molar refractivity (Wildman–Crippen MR) is 145 cm³/mol. The molecule has 0 saturated carbocycles. The van der Waals surface area contributed by atoms with E-state index in [1.807, 2.05) is 55.5 Å². The highest BCUT2D eigenvalue weighted by molar-refractivity contribution is 9.11. The Hall–Kier alpha value is -1.77. The molecule has 0 spiro atoms. The number of ether oxygens (including phenoxy) is 1. The van der Waals surface area contributed by atoms with E-state index in [1.165, 1.54) is 11.8 Å². The van der Waals surface area contributed by atoms with Crippen LogP contribution < -0.4 is 10.1 Å². The Kier molecular flexibility index (Phi) is 7.87. The molecular weight excluding hydrogens is 611 g/mol. The molecule has 1 aliphatic rings. The molecule has 9 heteroatoms. The first-order valence-corrected chi connectivity index (χ1v) is 12.9. The van der Waals surface area contributed by atoms with Crippen LogP contribution in [-0.2, 0) is 11.4 Å². The summed E-state index contributed by atoms with van der Waals surface area (Å²) in [6.07, 6.45) is 1.82. The number of nitrogens with zero attached hydrogens (tertiary/aromatic N) is 1. The summed E-state index contributed by atoms with van der Waals surface area (Å²) in [7, 11) is 0. The zero-order chi connectivity index (χ0) is 23.5. The number of nitrogens with one attached hydrogen (secondary N) is 1. The van der Waals surface area contributed by atoms with Crippen molar-refractivity contribution in [1.82, 2.24) is 5.32 Å².